The van der Waals surface area contributed by atoms with Gasteiger partial charge >= 0.3 is 0 Å². The maximum atomic E-state index is 5.75. The Hall–Kier alpha value is -2.14. The molecule has 1 saturated heterocycles. The Labute approximate surface area is 154 Å². The molecule has 1 fully saturated rings. The highest BCUT2D eigenvalue weighted by molar-refractivity contribution is 5.44. The van der Waals surface area contributed by atoms with E-state index in [-0.39, 0.29) is 5.41 Å². The van der Waals surface area contributed by atoms with Crippen molar-refractivity contribution < 1.29 is 9.47 Å². The molecular weight excluding hydrogens is 326 g/mol. The first-order chi connectivity index (χ1) is 12.7. The van der Waals surface area contributed by atoms with Crippen LogP contribution < -0.4 is 9.47 Å². The molecule has 0 N–H and O–H groups in total. The van der Waals surface area contributed by atoms with Crippen LogP contribution in [-0.4, -0.2) is 41.2 Å². The van der Waals surface area contributed by atoms with E-state index in [1.54, 1.807) is 0 Å². The van der Waals surface area contributed by atoms with Crippen molar-refractivity contribution in [2.24, 2.45) is 0 Å². The van der Waals surface area contributed by atoms with Crippen molar-refractivity contribution in [3.8, 4) is 11.5 Å². The standard InChI is InChI=1S/C21H25N3O2/c1-15-22-12-17-5-7-21(20(17)23-15)6-2-8-24(14-21)13-16-3-4-18-19(11-16)26-10-9-25-18/h3-4,11-12H,2,5-10,13-14H2,1H3. The lowest BCUT2D eigenvalue weighted by atomic mass is 9.77. The van der Waals surface area contributed by atoms with Crippen LogP contribution in [0.25, 0.3) is 0 Å². The molecule has 5 heteroatoms. The van der Waals surface area contributed by atoms with Gasteiger partial charge in [0.05, 0.1) is 5.69 Å². The van der Waals surface area contributed by atoms with Gasteiger partial charge in [0.2, 0.25) is 0 Å². The lowest BCUT2D eigenvalue weighted by molar-refractivity contribution is 0.136. The van der Waals surface area contributed by atoms with Gasteiger partial charge in [-0.2, -0.15) is 0 Å². The number of ether oxygens (including phenoxy) is 2. The molecule has 0 amide bonds. The zero-order valence-corrected chi connectivity index (χ0v) is 15.3. The summed E-state index contributed by atoms with van der Waals surface area (Å²) in [6.45, 7) is 6.47. The number of hydrogen-bond acceptors (Lipinski definition) is 5. The average Bonchev–Trinajstić information content (AvgIpc) is 2.99. The number of benzene rings is 1. The predicted octanol–water partition coefficient (Wildman–Crippen LogP) is 3.04. The number of aryl methyl sites for hydroxylation is 2. The van der Waals surface area contributed by atoms with Crippen LogP contribution >= 0.6 is 0 Å². The second kappa shape index (κ2) is 6.23. The van der Waals surface area contributed by atoms with E-state index in [9.17, 15) is 0 Å². The van der Waals surface area contributed by atoms with Gasteiger partial charge < -0.3 is 9.47 Å². The van der Waals surface area contributed by atoms with Gasteiger partial charge in [-0.05, 0) is 62.4 Å². The molecule has 5 nitrogen and oxygen atoms in total. The first-order valence-electron chi connectivity index (χ1n) is 9.66. The normalized spacial score (nSPS) is 24.7. The number of piperidine rings is 1. The van der Waals surface area contributed by atoms with Gasteiger partial charge in [0, 0.05) is 24.7 Å². The van der Waals surface area contributed by atoms with Crippen molar-refractivity contribution in [2.45, 2.75) is 44.6 Å². The first-order valence-corrected chi connectivity index (χ1v) is 9.66. The molecule has 0 radical (unpaired) electrons. The van der Waals surface area contributed by atoms with Crippen LogP contribution in [0.15, 0.2) is 24.4 Å². The van der Waals surface area contributed by atoms with Crippen LogP contribution in [-0.2, 0) is 18.4 Å². The summed E-state index contributed by atoms with van der Waals surface area (Å²) in [6, 6.07) is 6.36. The van der Waals surface area contributed by atoms with Crippen molar-refractivity contribution >= 4 is 0 Å². The minimum Gasteiger partial charge on any atom is -0.486 e. The fourth-order valence-corrected chi connectivity index (χ4v) is 4.83. The molecule has 5 rings (SSSR count). The van der Waals surface area contributed by atoms with E-state index in [1.807, 2.05) is 19.2 Å². The fourth-order valence-electron chi connectivity index (χ4n) is 4.83. The highest BCUT2D eigenvalue weighted by atomic mass is 16.6. The molecule has 2 aliphatic heterocycles. The molecule has 1 aromatic carbocycles. The predicted molar refractivity (Wildman–Crippen MR) is 98.7 cm³/mol. The Balaban J connectivity index is 1.37. The highest BCUT2D eigenvalue weighted by Crippen LogP contribution is 2.44. The van der Waals surface area contributed by atoms with Gasteiger partial charge in [-0.25, -0.2) is 9.97 Å². The van der Waals surface area contributed by atoms with Gasteiger partial charge in [-0.1, -0.05) is 6.07 Å². The first kappa shape index (κ1) is 16.1. The van der Waals surface area contributed by atoms with Crippen LogP contribution in [0.4, 0.5) is 0 Å². The van der Waals surface area contributed by atoms with Crippen LogP contribution in [0, 0.1) is 6.92 Å². The Bertz CT molecular complexity index is 834. The van der Waals surface area contributed by atoms with E-state index in [4.69, 9.17) is 14.5 Å². The molecule has 2 aromatic rings. The summed E-state index contributed by atoms with van der Waals surface area (Å²) in [6.07, 6.45) is 6.85. The molecular formula is C21H25N3O2. The zero-order valence-electron chi connectivity index (χ0n) is 15.3. The Morgan fingerprint density at radius 2 is 2.04 bits per heavy atom. The van der Waals surface area contributed by atoms with Crippen molar-refractivity contribution in [2.75, 3.05) is 26.3 Å². The van der Waals surface area contributed by atoms with Crippen LogP contribution in [0.3, 0.4) is 0 Å². The molecule has 3 heterocycles. The second-order valence-corrected chi connectivity index (χ2v) is 7.86. The van der Waals surface area contributed by atoms with Gasteiger partial charge in [0.1, 0.15) is 19.0 Å². The molecule has 1 aliphatic carbocycles. The second-order valence-electron chi connectivity index (χ2n) is 7.86. The lowest BCUT2D eigenvalue weighted by Crippen LogP contribution is -2.45. The van der Waals surface area contributed by atoms with Crippen LogP contribution in [0.1, 0.15) is 41.9 Å². The van der Waals surface area contributed by atoms with Gasteiger partial charge in [-0.15, -0.1) is 0 Å². The molecule has 1 spiro atoms. The third-order valence-corrected chi connectivity index (χ3v) is 6.03. The number of hydrogen-bond donors (Lipinski definition) is 0. The molecule has 1 atom stereocenters. The summed E-state index contributed by atoms with van der Waals surface area (Å²) in [5.41, 5.74) is 4.19. The molecule has 0 saturated carbocycles. The summed E-state index contributed by atoms with van der Waals surface area (Å²) in [5, 5.41) is 0. The molecule has 1 aromatic heterocycles. The number of aromatic nitrogens is 2. The number of nitrogens with zero attached hydrogens (tertiary/aromatic N) is 3. The summed E-state index contributed by atoms with van der Waals surface area (Å²) in [4.78, 5) is 11.8. The maximum Gasteiger partial charge on any atom is 0.161 e. The average molecular weight is 351 g/mol. The molecule has 0 bridgehead atoms. The van der Waals surface area contributed by atoms with E-state index < -0.39 is 0 Å². The lowest BCUT2D eigenvalue weighted by Gasteiger charge is -2.40. The summed E-state index contributed by atoms with van der Waals surface area (Å²) in [7, 11) is 0. The molecule has 3 aliphatic rings. The van der Waals surface area contributed by atoms with Crippen molar-refractivity contribution in [1.29, 1.82) is 0 Å². The van der Waals surface area contributed by atoms with Gasteiger partial charge in [0.15, 0.2) is 11.5 Å². The summed E-state index contributed by atoms with van der Waals surface area (Å²) in [5.74, 6) is 2.65. The van der Waals surface area contributed by atoms with Gasteiger partial charge in [0.25, 0.3) is 0 Å². The summed E-state index contributed by atoms with van der Waals surface area (Å²) < 4.78 is 11.4. The van der Waals surface area contributed by atoms with E-state index in [0.717, 1.165) is 43.4 Å². The minimum atomic E-state index is 0.217. The van der Waals surface area contributed by atoms with Crippen molar-refractivity contribution in [3.63, 3.8) is 0 Å². The zero-order chi connectivity index (χ0) is 17.6. The quantitative estimate of drug-likeness (QED) is 0.832. The van der Waals surface area contributed by atoms with E-state index in [1.165, 1.54) is 36.1 Å². The van der Waals surface area contributed by atoms with Crippen LogP contribution in [0.5, 0.6) is 11.5 Å². The Morgan fingerprint density at radius 3 is 2.96 bits per heavy atom. The smallest absolute Gasteiger partial charge is 0.161 e. The maximum absolute atomic E-state index is 5.75. The van der Waals surface area contributed by atoms with E-state index in [0.29, 0.717) is 13.2 Å². The summed E-state index contributed by atoms with van der Waals surface area (Å²) >= 11 is 0. The third-order valence-electron chi connectivity index (χ3n) is 6.03. The van der Waals surface area contributed by atoms with Crippen molar-refractivity contribution in [3.05, 3.63) is 47.0 Å². The molecule has 136 valence electrons. The third kappa shape index (κ3) is 2.75. The monoisotopic (exact) mass is 351 g/mol. The molecule has 1 unspecified atom stereocenters. The fraction of sp³-hybridized carbons (Fsp3) is 0.524. The van der Waals surface area contributed by atoms with E-state index in [2.05, 4.69) is 22.0 Å². The number of likely N-dealkylation sites (tertiary alicyclic amines) is 1. The Morgan fingerprint density at radius 1 is 1.15 bits per heavy atom. The van der Waals surface area contributed by atoms with Crippen LogP contribution in [0.2, 0.25) is 0 Å². The van der Waals surface area contributed by atoms with Crippen molar-refractivity contribution in [1.82, 2.24) is 14.9 Å². The largest absolute Gasteiger partial charge is 0.486 e. The topological polar surface area (TPSA) is 47.5 Å². The number of fused-ring (bicyclic) bond motifs is 3. The van der Waals surface area contributed by atoms with Gasteiger partial charge in [-0.3, -0.25) is 4.90 Å². The minimum absolute atomic E-state index is 0.217. The Kier molecular flexibility index (Phi) is 3.85. The SMILES string of the molecule is Cc1ncc2c(n1)C1(CCCN(Cc3ccc4c(c3)OCCO4)C1)CC2. The number of rotatable bonds is 2. The molecule has 26 heavy (non-hydrogen) atoms. The highest BCUT2D eigenvalue weighted by Gasteiger charge is 2.43. The van der Waals surface area contributed by atoms with E-state index >= 15 is 0 Å².